The predicted molar refractivity (Wildman–Crippen MR) is 46.1 cm³/mol. The van der Waals surface area contributed by atoms with Crippen LogP contribution in [0.15, 0.2) is 36.9 Å². The lowest BCUT2D eigenvalue weighted by Gasteiger charge is -1.99. The Morgan fingerprint density at radius 2 is 1.29 bits per heavy atom. The van der Waals surface area contributed by atoms with Crippen molar-refractivity contribution in [3.05, 3.63) is 36.9 Å². The summed E-state index contributed by atoms with van der Waals surface area (Å²) in [6.45, 7) is 0. The van der Waals surface area contributed by atoms with E-state index < -0.39 is 11.9 Å². The van der Waals surface area contributed by atoms with E-state index in [9.17, 15) is 8.78 Å². The maximum atomic E-state index is 13.3. The molecular formula is C8H6F2N4. The Balaban J connectivity index is 2.41. The van der Waals surface area contributed by atoms with Gasteiger partial charge in [0.05, 0.1) is 0 Å². The first-order valence-electron chi connectivity index (χ1n) is 3.84. The van der Waals surface area contributed by atoms with E-state index in [0.29, 0.717) is 0 Å². The predicted octanol–water partition coefficient (Wildman–Crippen LogP) is 1.76. The number of nitrogens with zero attached hydrogens (tertiary/aromatic N) is 4. The van der Waals surface area contributed by atoms with Crippen molar-refractivity contribution >= 4 is 11.9 Å². The van der Waals surface area contributed by atoms with Crippen molar-refractivity contribution in [2.45, 2.75) is 0 Å². The summed E-state index contributed by atoms with van der Waals surface area (Å²) in [6, 6.07) is 2.99. The minimum absolute atomic E-state index is 0.789. The number of hydrogen-bond acceptors (Lipinski definition) is 2. The molecule has 0 fully saturated rings. The molecule has 0 aromatic carbocycles. The molecular weight excluding hydrogens is 190 g/mol. The molecule has 0 unspecified atom stereocenters. The zero-order chi connectivity index (χ0) is 9.97. The number of aromatic nitrogens is 4. The van der Waals surface area contributed by atoms with Gasteiger partial charge < -0.3 is 0 Å². The van der Waals surface area contributed by atoms with E-state index in [1.165, 1.54) is 36.9 Å². The average Bonchev–Trinajstić information content (AvgIpc) is 2.87. The third-order valence-corrected chi connectivity index (χ3v) is 1.58. The highest BCUT2D eigenvalue weighted by molar-refractivity contribution is 5.60. The van der Waals surface area contributed by atoms with Gasteiger partial charge in [0, 0.05) is 24.8 Å². The van der Waals surface area contributed by atoms with Gasteiger partial charge in [0.25, 0.3) is 11.9 Å². The molecule has 0 saturated heterocycles. The molecule has 2 rings (SSSR count). The number of halogens is 2. The van der Waals surface area contributed by atoms with Crippen LogP contribution < -0.4 is 0 Å². The van der Waals surface area contributed by atoms with Crippen LogP contribution in [0.4, 0.5) is 8.78 Å². The normalized spacial score (nSPS) is 12.7. The summed E-state index contributed by atoms with van der Waals surface area (Å²) >= 11 is 0. The zero-order valence-corrected chi connectivity index (χ0v) is 7.01. The van der Waals surface area contributed by atoms with Crippen LogP contribution in [-0.4, -0.2) is 19.6 Å². The molecule has 72 valence electrons. The summed E-state index contributed by atoms with van der Waals surface area (Å²) in [6.07, 6.45) is 5.32. The van der Waals surface area contributed by atoms with Crippen LogP contribution in [0.25, 0.3) is 11.9 Å². The van der Waals surface area contributed by atoms with E-state index in [1.807, 2.05) is 0 Å². The zero-order valence-electron chi connectivity index (χ0n) is 7.01. The van der Waals surface area contributed by atoms with Gasteiger partial charge in [0.15, 0.2) is 0 Å². The molecule has 0 radical (unpaired) electrons. The molecule has 0 saturated carbocycles. The van der Waals surface area contributed by atoms with E-state index in [-0.39, 0.29) is 0 Å². The summed E-state index contributed by atoms with van der Waals surface area (Å²) in [7, 11) is 0. The van der Waals surface area contributed by atoms with Crippen LogP contribution in [0.3, 0.4) is 0 Å². The second-order valence-electron chi connectivity index (χ2n) is 2.48. The molecule has 2 aromatic rings. The number of rotatable bonds is 2. The van der Waals surface area contributed by atoms with E-state index in [4.69, 9.17) is 0 Å². The van der Waals surface area contributed by atoms with Crippen molar-refractivity contribution in [2.75, 3.05) is 0 Å². The molecule has 14 heavy (non-hydrogen) atoms. The Hall–Kier alpha value is -1.98. The third-order valence-electron chi connectivity index (χ3n) is 1.58. The molecule has 0 amide bonds. The summed E-state index contributed by atoms with van der Waals surface area (Å²) < 4.78 is 28.1. The van der Waals surface area contributed by atoms with Crippen molar-refractivity contribution in [3.8, 4) is 0 Å². The molecule has 0 spiro atoms. The lowest BCUT2D eigenvalue weighted by atomic mass is 10.7. The molecule has 4 nitrogen and oxygen atoms in total. The highest BCUT2D eigenvalue weighted by Gasteiger charge is 2.10. The SMILES string of the molecule is F/C(=C(/F)n1cccn1)n1cccn1. The lowest BCUT2D eigenvalue weighted by molar-refractivity contribution is 0.581. The largest absolute Gasteiger partial charge is 0.269 e. The van der Waals surface area contributed by atoms with Crippen LogP contribution in [0.5, 0.6) is 0 Å². The first kappa shape index (κ1) is 8.61. The highest BCUT2D eigenvalue weighted by Crippen LogP contribution is 2.16. The Bertz CT molecular complexity index is 388. The standard InChI is InChI=1S/C8H6F2N4/c9-7(13-5-1-3-11-13)8(10)14-6-2-4-12-14/h1-6H/b8-7+. The fourth-order valence-corrected chi connectivity index (χ4v) is 0.959. The van der Waals surface area contributed by atoms with Gasteiger partial charge in [-0.1, -0.05) is 0 Å². The summed E-state index contributed by atoms with van der Waals surface area (Å²) in [4.78, 5) is 0. The Morgan fingerprint density at radius 3 is 1.57 bits per heavy atom. The second-order valence-corrected chi connectivity index (χ2v) is 2.48. The van der Waals surface area contributed by atoms with Crippen LogP contribution in [0.2, 0.25) is 0 Å². The minimum atomic E-state index is -1.10. The monoisotopic (exact) mass is 196 g/mol. The fourth-order valence-electron chi connectivity index (χ4n) is 0.959. The minimum Gasteiger partial charge on any atom is -0.210 e. The fraction of sp³-hybridized carbons (Fsp3) is 0. The van der Waals surface area contributed by atoms with Gasteiger partial charge in [-0.3, -0.25) is 0 Å². The molecule has 0 bridgehead atoms. The van der Waals surface area contributed by atoms with E-state index >= 15 is 0 Å². The smallest absolute Gasteiger partial charge is 0.210 e. The van der Waals surface area contributed by atoms with Crippen molar-refractivity contribution in [3.63, 3.8) is 0 Å². The van der Waals surface area contributed by atoms with Gasteiger partial charge >= 0.3 is 0 Å². The maximum absolute atomic E-state index is 13.3. The van der Waals surface area contributed by atoms with Gasteiger partial charge in [0.2, 0.25) is 0 Å². The van der Waals surface area contributed by atoms with Gasteiger partial charge in [-0.25, -0.2) is 9.36 Å². The second kappa shape index (κ2) is 3.41. The first-order chi connectivity index (χ1) is 6.79. The van der Waals surface area contributed by atoms with Gasteiger partial charge in [-0.2, -0.15) is 19.0 Å². The lowest BCUT2D eigenvalue weighted by Crippen LogP contribution is -2.00. The molecule has 2 heterocycles. The van der Waals surface area contributed by atoms with Crippen molar-refractivity contribution in [1.29, 1.82) is 0 Å². The maximum Gasteiger partial charge on any atom is 0.269 e. The van der Waals surface area contributed by atoms with E-state index in [2.05, 4.69) is 10.2 Å². The Morgan fingerprint density at radius 1 is 0.857 bits per heavy atom. The molecule has 0 aliphatic rings. The molecule has 0 aliphatic carbocycles. The van der Waals surface area contributed by atoms with Crippen LogP contribution in [0.1, 0.15) is 0 Å². The molecule has 0 aliphatic heterocycles. The molecule has 0 atom stereocenters. The van der Waals surface area contributed by atoms with E-state index in [0.717, 1.165) is 9.36 Å². The third kappa shape index (κ3) is 1.41. The van der Waals surface area contributed by atoms with Crippen LogP contribution in [-0.2, 0) is 0 Å². The van der Waals surface area contributed by atoms with Crippen molar-refractivity contribution < 1.29 is 8.78 Å². The molecule has 2 aromatic heterocycles. The van der Waals surface area contributed by atoms with Crippen LogP contribution >= 0.6 is 0 Å². The Labute approximate surface area is 78.1 Å². The number of hydrogen-bond donors (Lipinski definition) is 0. The van der Waals surface area contributed by atoms with Crippen molar-refractivity contribution in [1.82, 2.24) is 19.6 Å². The van der Waals surface area contributed by atoms with Gasteiger partial charge in [0.1, 0.15) is 0 Å². The van der Waals surface area contributed by atoms with Crippen molar-refractivity contribution in [2.24, 2.45) is 0 Å². The van der Waals surface area contributed by atoms with E-state index in [1.54, 1.807) is 0 Å². The van der Waals surface area contributed by atoms with Gasteiger partial charge in [-0.15, -0.1) is 0 Å². The molecule has 6 heteroatoms. The highest BCUT2D eigenvalue weighted by atomic mass is 19.2. The topological polar surface area (TPSA) is 35.6 Å². The van der Waals surface area contributed by atoms with Gasteiger partial charge in [-0.05, 0) is 12.1 Å². The molecule has 0 N–H and O–H groups in total. The Kier molecular flexibility index (Phi) is 2.10. The summed E-state index contributed by atoms with van der Waals surface area (Å²) in [5.74, 6) is -2.20. The summed E-state index contributed by atoms with van der Waals surface area (Å²) in [5.41, 5.74) is 0. The average molecular weight is 196 g/mol. The quantitative estimate of drug-likeness (QED) is 0.733. The van der Waals surface area contributed by atoms with Crippen LogP contribution in [0, 0.1) is 0 Å². The summed E-state index contributed by atoms with van der Waals surface area (Å²) in [5, 5.41) is 7.10. The first-order valence-corrected chi connectivity index (χ1v) is 3.84.